The third-order valence-electron chi connectivity index (χ3n) is 5.18. The van der Waals surface area contributed by atoms with Gasteiger partial charge in [0.25, 0.3) is 0 Å². The Morgan fingerprint density at radius 1 is 1.06 bits per heavy atom. The molecule has 2 N–H and O–H groups in total. The molecule has 2 aromatic carbocycles. The van der Waals surface area contributed by atoms with Gasteiger partial charge in [-0.25, -0.2) is 0 Å². The molecule has 9 heteroatoms. The van der Waals surface area contributed by atoms with Crippen LogP contribution < -0.4 is 15.4 Å². The van der Waals surface area contributed by atoms with E-state index in [4.69, 9.17) is 4.74 Å². The van der Waals surface area contributed by atoms with Crippen LogP contribution in [0.1, 0.15) is 28.1 Å². The van der Waals surface area contributed by atoms with Crippen LogP contribution >= 0.6 is 11.8 Å². The number of benzene rings is 2. The van der Waals surface area contributed by atoms with Crippen molar-refractivity contribution in [3.8, 4) is 5.75 Å². The fraction of sp³-hybridized carbons (Fsp3) is 0.308. The fourth-order valence-electron chi connectivity index (χ4n) is 3.62. The van der Waals surface area contributed by atoms with Crippen molar-refractivity contribution < 1.29 is 14.3 Å². The normalized spacial score (nSPS) is 10.6. The first-order chi connectivity index (χ1) is 16.8. The van der Waals surface area contributed by atoms with Gasteiger partial charge >= 0.3 is 0 Å². The van der Waals surface area contributed by atoms with Crippen molar-refractivity contribution in [2.45, 2.75) is 46.0 Å². The number of ether oxygens (including phenoxy) is 1. The average Bonchev–Trinajstić information content (AvgIpc) is 3.19. The second-order valence-electron chi connectivity index (χ2n) is 8.29. The molecule has 0 saturated carbocycles. The number of aromatic nitrogens is 3. The van der Waals surface area contributed by atoms with Gasteiger partial charge in [0.1, 0.15) is 12.4 Å². The Morgan fingerprint density at radius 2 is 1.80 bits per heavy atom. The molecule has 0 bridgehead atoms. The van der Waals surface area contributed by atoms with E-state index < -0.39 is 0 Å². The summed E-state index contributed by atoms with van der Waals surface area (Å²) in [7, 11) is 0. The standard InChI is InChI=1S/C26H31N5O3S/c1-6-10-31-22(15-34-21-9-7-8-17(2)13-21)29-30-26(31)35-16-24(33)27-14-23(32)28-25-19(4)11-18(3)12-20(25)5/h6-9,11-13H,1,10,14-16H2,2-5H3,(H,27,33)(H,28,32). The van der Waals surface area contributed by atoms with Crippen molar-refractivity contribution >= 4 is 29.3 Å². The SMILES string of the molecule is C=CCn1c(COc2cccc(C)c2)nnc1SCC(=O)NCC(=O)Nc1c(C)cc(C)cc1C. The Kier molecular flexibility index (Phi) is 9.08. The number of amides is 2. The van der Waals surface area contributed by atoms with Crippen LogP contribution in [0.3, 0.4) is 0 Å². The highest BCUT2D eigenvalue weighted by Crippen LogP contribution is 2.22. The van der Waals surface area contributed by atoms with Gasteiger partial charge < -0.3 is 15.4 Å². The van der Waals surface area contributed by atoms with E-state index in [9.17, 15) is 9.59 Å². The molecule has 0 aliphatic heterocycles. The van der Waals surface area contributed by atoms with Crippen molar-refractivity contribution in [2.24, 2.45) is 0 Å². The lowest BCUT2D eigenvalue weighted by Crippen LogP contribution is -2.34. The van der Waals surface area contributed by atoms with E-state index in [1.165, 1.54) is 11.8 Å². The molecule has 35 heavy (non-hydrogen) atoms. The molecule has 1 heterocycles. The molecule has 0 unspecified atom stereocenters. The number of nitrogens with one attached hydrogen (secondary N) is 2. The van der Waals surface area contributed by atoms with Crippen LogP contribution in [0.2, 0.25) is 0 Å². The highest BCUT2D eigenvalue weighted by Gasteiger charge is 2.15. The first kappa shape index (κ1) is 26.0. The fourth-order valence-corrected chi connectivity index (χ4v) is 4.42. The van der Waals surface area contributed by atoms with Crippen LogP contribution in [0, 0.1) is 27.7 Å². The molecule has 1 aromatic heterocycles. The van der Waals surface area contributed by atoms with Gasteiger partial charge in [0.05, 0.1) is 12.3 Å². The van der Waals surface area contributed by atoms with E-state index in [2.05, 4.69) is 27.4 Å². The molecule has 2 amide bonds. The van der Waals surface area contributed by atoms with Crippen LogP contribution in [-0.4, -0.2) is 38.9 Å². The van der Waals surface area contributed by atoms with Crippen LogP contribution in [0.15, 0.2) is 54.2 Å². The summed E-state index contributed by atoms with van der Waals surface area (Å²) in [6, 6.07) is 11.8. The number of rotatable bonds is 11. The summed E-state index contributed by atoms with van der Waals surface area (Å²) in [5.74, 6) is 0.944. The number of allylic oxidation sites excluding steroid dienone is 1. The van der Waals surface area contributed by atoms with Crippen molar-refractivity contribution in [3.05, 3.63) is 77.1 Å². The first-order valence-electron chi connectivity index (χ1n) is 11.3. The highest BCUT2D eigenvalue weighted by molar-refractivity contribution is 7.99. The van der Waals surface area contributed by atoms with Gasteiger partial charge in [-0.1, -0.05) is 47.7 Å². The summed E-state index contributed by atoms with van der Waals surface area (Å²) in [6.07, 6.45) is 1.74. The summed E-state index contributed by atoms with van der Waals surface area (Å²) < 4.78 is 7.70. The Labute approximate surface area is 210 Å². The third-order valence-corrected chi connectivity index (χ3v) is 6.15. The van der Waals surface area contributed by atoms with E-state index in [0.29, 0.717) is 17.5 Å². The zero-order valence-electron chi connectivity index (χ0n) is 20.6. The van der Waals surface area contributed by atoms with E-state index in [1.54, 1.807) is 6.08 Å². The van der Waals surface area contributed by atoms with Crippen molar-refractivity contribution in [1.29, 1.82) is 0 Å². The summed E-state index contributed by atoms with van der Waals surface area (Å²) in [4.78, 5) is 24.7. The maximum absolute atomic E-state index is 12.4. The van der Waals surface area contributed by atoms with Crippen molar-refractivity contribution in [1.82, 2.24) is 20.1 Å². The minimum absolute atomic E-state index is 0.101. The van der Waals surface area contributed by atoms with Gasteiger partial charge in [-0.3, -0.25) is 14.2 Å². The number of carbonyl (C=O) groups excluding carboxylic acids is 2. The average molecular weight is 494 g/mol. The second-order valence-corrected chi connectivity index (χ2v) is 9.23. The molecule has 0 atom stereocenters. The topological polar surface area (TPSA) is 98.1 Å². The molecule has 0 spiro atoms. The Morgan fingerprint density at radius 3 is 2.49 bits per heavy atom. The summed E-state index contributed by atoms with van der Waals surface area (Å²) in [5, 5.41) is 14.5. The van der Waals surface area contributed by atoms with E-state index in [1.807, 2.05) is 68.7 Å². The largest absolute Gasteiger partial charge is 0.486 e. The highest BCUT2D eigenvalue weighted by atomic mass is 32.2. The molecule has 184 valence electrons. The first-order valence-corrected chi connectivity index (χ1v) is 12.2. The molecule has 0 fully saturated rings. The lowest BCUT2D eigenvalue weighted by atomic mass is 10.1. The predicted molar refractivity (Wildman–Crippen MR) is 139 cm³/mol. The smallest absolute Gasteiger partial charge is 0.243 e. The number of hydrogen-bond acceptors (Lipinski definition) is 6. The number of nitrogens with zero attached hydrogens (tertiary/aromatic N) is 3. The summed E-state index contributed by atoms with van der Waals surface area (Å²) >= 11 is 1.24. The van der Waals surface area contributed by atoms with E-state index >= 15 is 0 Å². The minimum Gasteiger partial charge on any atom is -0.486 e. The van der Waals surface area contributed by atoms with Crippen molar-refractivity contribution in [2.75, 3.05) is 17.6 Å². The maximum Gasteiger partial charge on any atom is 0.243 e. The molecule has 8 nitrogen and oxygen atoms in total. The predicted octanol–water partition coefficient (Wildman–Crippen LogP) is 4.12. The minimum atomic E-state index is -0.274. The second kappa shape index (κ2) is 12.2. The molecule has 0 radical (unpaired) electrons. The zero-order chi connectivity index (χ0) is 25.4. The van der Waals surface area contributed by atoms with Crippen LogP contribution in [0.25, 0.3) is 0 Å². The number of aryl methyl sites for hydroxylation is 4. The monoisotopic (exact) mass is 493 g/mol. The number of thioether (sulfide) groups is 1. The Balaban J connectivity index is 1.51. The Hall–Kier alpha value is -3.59. The molecule has 0 aliphatic carbocycles. The molecular weight excluding hydrogens is 462 g/mol. The zero-order valence-corrected chi connectivity index (χ0v) is 21.4. The van der Waals surface area contributed by atoms with Crippen LogP contribution in [0.5, 0.6) is 5.75 Å². The van der Waals surface area contributed by atoms with Gasteiger partial charge in [0.2, 0.25) is 11.8 Å². The van der Waals surface area contributed by atoms with Gasteiger partial charge in [-0.05, 0) is 56.5 Å². The van der Waals surface area contributed by atoms with Gasteiger partial charge in [0, 0.05) is 12.2 Å². The van der Waals surface area contributed by atoms with E-state index in [-0.39, 0.29) is 30.7 Å². The third kappa shape index (κ3) is 7.45. The van der Waals surface area contributed by atoms with Gasteiger partial charge in [0.15, 0.2) is 11.0 Å². The van der Waals surface area contributed by atoms with Gasteiger partial charge in [-0.2, -0.15) is 0 Å². The lowest BCUT2D eigenvalue weighted by Gasteiger charge is -2.13. The number of hydrogen-bond donors (Lipinski definition) is 2. The summed E-state index contributed by atoms with van der Waals surface area (Å²) in [5.41, 5.74) is 5.00. The van der Waals surface area contributed by atoms with Gasteiger partial charge in [-0.15, -0.1) is 16.8 Å². The Bertz CT molecular complexity index is 1200. The molecule has 0 saturated heterocycles. The molecule has 3 rings (SSSR count). The van der Waals surface area contributed by atoms with Crippen molar-refractivity contribution in [3.63, 3.8) is 0 Å². The number of carbonyl (C=O) groups is 2. The molecule has 0 aliphatic rings. The molecule has 3 aromatic rings. The van der Waals surface area contributed by atoms with E-state index in [0.717, 1.165) is 33.7 Å². The maximum atomic E-state index is 12.4. The molecular formula is C26H31N5O3S. The number of anilines is 1. The van der Waals surface area contributed by atoms with Crippen LogP contribution in [0.4, 0.5) is 5.69 Å². The quantitative estimate of drug-likeness (QED) is 0.308. The lowest BCUT2D eigenvalue weighted by molar-refractivity contribution is -0.122. The summed E-state index contributed by atoms with van der Waals surface area (Å²) in [6.45, 7) is 12.3. The van der Waals surface area contributed by atoms with Crippen LogP contribution in [-0.2, 0) is 22.7 Å².